The number of carbonyl (C=O) groups excluding carboxylic acids is 2. The van der Waals surface area contributed by atoms with E-state index < -0.39 is 6.10 Å². The molecule has 0 spiro atoms. The van der Waals surface area contributed by atoms with Crippen LogP contribution in [0.4, 0.5) is 5.69 Å². The van der Waals surface area contributed by atoms with Crippen molar-refractivity contribution in [2.45, 2.75) is 57.7 Å². The van der Waals surface area contributed by atoms with E-state index in [9.17, 15) is 9.59 Å². The van der Waals surface area contributed by atoms with Crippen molar-refractivity contribution >= 4 is 29.1 Å². The van der Waals surface area contributed by atoms with Gasteiger partial charge in [-0.25, -0.2) is 0 Å². The summed E-state index contributed by atoms with van der Waals surface area (Å²) in [5, 5.41) is 3.31. The normalized spacial score (nSPS) is 19.9. The van der Waals surface area contributed by atoms with E-state index in [0.29, 0.717) is 28.6 Å². The highest BCUT2D eigenvalue weighted by Crippen LogP contribution is 2.32. The van der Waals surface area contributed by atoms with Crippen LogP contribution in [0.1, 0.15) is 54.9 Å². The number of halogens is 1. The summed E-state index contributed by atoms with van der Waals surface area (Å²) in [6, 6.07) is 12.7. The summed E-state index contributed by atoms with van der Waals surface area (Å²) in [7, 11) is 0. The molecule has 2 aromatic carbocycles. The Morgan fingerprint density at radius 1 is 1.14 bits per heavy atom. The zero-order valence-electron chi connectivity index (χ0n) is 16.5. The maximum Gasteiger partial charge on any atom is 0.263 e. The third-order valence-electron chi connectivity index (χ3n) is 5.73. The molecular weight excluding hydrogens is 388 g/mol. The van der Waals surface area contributed by atoms with Crippen LogP contribution in [0.3, 0.4) is 0 Å². The Bertz CT molecular complexity index is 924. The smallest absolute Gasteiger partial charge is 0.263 e. The van der Waals surface area contributed by atoms with Gasteiger partial charge in [0, 0.05) is 23.8 Å². The zero-order valence-corrected chi connectivity index (χ0v) is 17.2. The van der Waals surface area contributed by atoms with Crippen molar-refractivity contribution in [3.8, 4) is 5.75 Å². The van der Waals surface area contributed by atoms with Crippen LogP contribution in [0.15, 0.2) is 42.5 Å². The minimum absolute atomic E-state index is 0.0368. The maximum absolute atomic E-state index is 12.9. The van der Waals surface area contributed by atoms with Crippen LogP contribution in [0, 0.1) is 0 Å². The van der Waals surface area contributed by atoms with Gasteiger partial charge in [0.1, 0.15) is 5.75 Å². The van der Waals surface area contributed by atoms with E-state index in [0.717, 1.165) is 31.2 Å². The second-order valence-electron chi connectivity index (χ2n) is 7.77. The fraction of sp³-hybridized carbons (Fsp3) is 0.391. The summed E-state index contributed by atoms with van der Waals surface area (Å²) >= 11 is 6.13. The Labute approximate surface area is 176 Å². The molecule has 2 aliphatic rings. The maximum atomic E-state index is 12.9. The fourth-order valence-corrected chi connectivity index (χ4v) is 4.40. The third kappa shape index (κ3) is 4.25. The predicted octanol–water partition coefficient (Wildman–Crippen LogP) is 5.03. The molecule has 1 unspecified atom stereocenters. The lowest BCUT2D eigenvalue weighted by atomic mass is 9.93. The molecule has 0 saturated heterocycles. The van der Waals surface area contributed by atoms with E-state index in [2.05, 4.69) is 5.32 Å². The van der Waals surface area contributed by atoms with E-state index >= 15 is 0 Å². The molecular formula is C23H25ClN2O3. The van der Waals surface area contributed by atoms with Gasteiger partial charge in [0.2, 0.25) is 0 Å². The monoisotopic (exact) mass is 412 g/mol. The molecule has 0 bridgehead atoms. The number of nitrogens with zero attached hydrogens (tertiary/aromatic N) is 1. The van der Waals surface area contributed by atoms with Gasteiger partial charge in [0.05, 0.1) is 10.6 Å². The highest BCUT2D eigenvalue weighted by Gasteiger charge is 2.33. The number of hydrogen-bond donors (Lipinski definition) is 1. The number of nitrogens with one attached hydrogen (secondary N) is 1. The first-order valence-corrected chi connectivity index (χ1v) is 10.6. The summed E-state index contributed by atoms with van der Waals surface area (Å²) in [6.45, 7) is 2.30. The van der Waals surface area contributed by atoms with Gasteiger partial charge < -0.3 is 15.0 Å². The van der Waals surface area contributed by atoms with Crippen molar-refractivity contribution in [2.24, 2.45) is 0 Å². The number of anilines is 1. The van der Waals surface area contributed by atoms with Gasteiger partial charge in [-0.3, -0.25) is 9.59 Å². The Balaban J connectivity index is 1.58. The van der Waals surface area contributed by atoms with Gasteiger partial charge in [-0.2, -0.15) is 0 Å². The van der Waals surface area contributed by atoms with Crippen LogP contribution in [-0.2, 0) is 11.3 Å². The van der Waals surface area contributed by atoms with Gasteiger partial charge in [-0.1, -0.05) is 43.0 Å². The second kappa shape index (κ2) is 8.46. The van der Waals surface area contributed by atoms with Crippen molar-refractivity contribution in [1.82, 2.24) is 4.90 Å². The van der Waals surface area contributed by atoms with E-state index in [-0.39, 0.29) is 17.9 Å². The first-order chi connectivity index (χ1) is 14.0. The molecule has 1 heterocycles. The van der Waals surface area contributed by atoms with Crippen LogP contribution in [0.2, 0.25) is 5.02 Å². The highest BCUT2D eigenvalue weighted by atomic mass is 35.5. The molecule has 152 valence electrons. The Kier molecular flexibility index (Phi) is 5.76. The standard InChI is InChI=1S/C23H25ClN2O3/c1-15-23(28)26(18-7-3-2-4-8-18)14-16-13-17(11-12-21(16)29-15)25-22(27)19-9-5-6-10-20(19)24/h5-6,9-13,15,18H,2-4,7-8,14H2,1H3,(H,25,27). The van der Waals surface area contributed by atoms with Crippen LogP contribution in [0.25, 0.3) is 0 Å². The molecule has 4 rings (SSSR count). The molecule has 1 fully saturated rings. The average molecular weight is 413 g/mol. The number of hydrogen-bond acceptors (Lipinski definition) is 3. The number of amides is 2. The molecule has 29 heavy (non-hydrogen) atoms. The summed E-state index contributed by atoms with van der Waals surface area (Å²) in [5.41, 5.74) is 1.99. The van der Waals surface area contributed by atoms with Gasteiger partial charge in [-0.15, -0.1) is 0 Å². The Morgan fingerprint density at radius 2 is 1.90 bits per heavy atom. The minimum atomic E-state index is -0.512. The van der Waals surface area contributed by atoms with Gasteiger partial charge in [-0.05, 0) is 50.1 Å². The van der Waals surface area contributed by atoms with Crippen LogP contribution >= 0.6 is 11.6 Å². The van der Waals surface area contributed by atoms with Crippen molar-refractivity contribution in [3.05, 3.63) is 58.6 Å². The van der Waals surface area contributed by atoms with Gasteiger partial charge in [0.25, 0.3) is 11.8 Å². The SMILES string of the molecule is CC1Oc2ccc(NC(=O)c3ccccc3Cl)cc2CN(C2CCCCC2)C1=O. The van der Waals surface area contributed by atoms with Gasteiger partial charge in [0.15, 0.2) is 6.10 Å². The van der Waals surface area contributed by atoms with Crippen molar-refractivity contribution in [2.75, 3.05) is 5.32 Å². The minimum Gasteiger partial charge on any atom is -0.481 e. The average Bonchev–Trinajstić information content (AvgIpc) is 2.85. The van der Waals surface area contributed by atoms with E-state index in [1.54, 1.807) is 37.3 Å². The molecule has 1 aliphatic carbocycles. The lowest BCUT2D eigenvalue weighted by Gasteiger charge is -2.34. The molecule has 1 N–H and O–H groups in total. The largest absolute Gasteiger partial charge is 0.481 e. The van der Waals surface area contributed by atoms with E-state index in [1.165, 1.54) is 6.42 Å². The molecule has 6 heteroatoms. The third-order valence-corrected chi connectivity index (χ3v) is 6.06. The number of ether oxygens (including phenoxy) is 1. The molecule has 5 nitrogen and oxygen atoms in total. The summed E-state index contributed by atoms with van der Waals surface area (Å²) in [5.74, 6) is 0.466. The quantitative estimate of drug-likeness (QED) is 0.768. The van der Waals surface area contributed by atoms with Crippen molar-refractivity contribution < 1.29 is 14.3 Å². The Morgan fingerprint density at radius 3 is 2.66 bits per heavy atom. The Hall–Kier alpha value is -2.53. The first kappa shape index (κ1) is 19.8. The molecule has 1 aliphatic heterocycles. The molecule has 1 atom stereocenters. The fourth-order valence-electron chi connectivity index (χ4n) is 4.18. The highest BCUT2D eigenvalue weighted by molar-refractivity contribution is 6.34. The van der Waals surface area contributed by atoms with Gasteiger partial charge >= 0.3 is 0 Å². The number of carbonyl (C=O) groups is 2. The molecule has 0 aromatic heterocycles. The predicted molar refractivity (Wildman–Crippen MR) is 113 cm³/mol. The number of fused-ring (bicyclic) bond motifs is 1. The first-order valence-electron chi connectivity index (χ1n) is 10.2. The lowest BCUT2D eigenvalue weighted by Crippen LogP contribution is -2.45. The molecule has 0 radical (unpaired) electrons. The van der Waals surface area contributed by atoms with Crippen molar-refractivity contribution in [1.29, 1.82) is 0 Å². The van der Waals surface area contributed by atoms with Crippen LogP contribution in [-0.4, -0.2) is 28.9 Å². The van der Waals surface area contributed by atoms with Crippen LogP contribution < -0.4 is 10.1 Å². The topological polar surface area (TPSA) is 58.6 Å². The van der Waals surface area contributed by atoms with E-state index in [4.69, 9.17) is 16.3 Å². The zero-order chi connectivity index (χ0) is 20.4. The lowest BCUT2D eigenvalue weighted by molar-refractivity contribution is -0.140. The molecule has 1 saturated carbocycles. The van der Waals surface area contributed by atoms with Crippen LogP contribution in [0.5, 0.6) is 5.75 Å². The summed E-state index contributed by atoms with van der Waals surface area (Å²) in [4.78, 5) is 27.5. The van der Waals surface area contributed by atoms with E-state index in [1.807, 2.05) is 17.0 Å². The number of rotatable bonds is 3. The number of benzene rings is 2. The molecule has 2 aromatic rings. The second-order valence-corrected chi connectivity index (χ2v) is 8.18. The van der Waals surface area contributed by atoms with Crippen molar-refractivity contribution in [3.63, 3.8) is 0 Å². The summed E-state index contributed by atoms with van der Waals surface area (Å²) in [6.07, 6.45) is 5.11. The summed E-state index contributed by atoms with van der Waals surface area (Å²) < 4.78 is 5.93. The molecule has 2 amide bonds.